The Hall–Kier alpha value is -0.160. The zero-order valence-electron chi connectivity index (χ0n) is 12.2. The van der Waals surface area contributed by atoms with Crippen molar-refractivity contribution in [2.45, 2.75) is 44.3 Å². The van der Waals surface area contributed by atoms with Crippen LogP contribution in [0.4, 0.5) is 0 Å². The summed E-state index contributed by atoms with van der Waals surface area (Å²) >= 11 is 0. The monoisotopic (exact) mass is 255 g/mol. The van der Waals surface area contributed by atoms with Gasteiger partial charge in [0.2, 0.25) is 0 Å². The molecule has 0 aromatic heterocycles. The van der Waals surface area contributed by atoms with Gasteiger partial charge in [0.15, 0.2) is 0 Å². The molecule has 0 bridgehead atoms. The third-order valence-corrected chi connectivity index (χ3v) is 4.15. The van der Waals surface area contributed by atoms with Gasteiger partial charge in [-0.1, -0.05) is 0 Å². The predicted molar refractivity (Wildman–Crippen MR) is 75.0 cm³/mol. The lowest BCUT2D eigenvalue weighted by atomic mass is 10.1. The minimum atomic E-state index is 0.525. The average Bonchev–Trinajstić information content (AvgIpc) is 3.14. The summed E-state index contributed by atoms with van der Waals surface area (Å²) in [5, 5.41) is 3.66. The van der Waals surface area contributed by atoms with Crippen molar-refractivity contribution >= 4 is 0 Å². The van der Waals surface area contributed by atoms with Gasteiger partial charge in [-0.05, 0) is 39.8 Å². The van der Waals surface area contributed by atoms with Crippen LogP contribution >= 0.6 is 0 Å². The SMILES string of the molecule is COCC(CNC1CC1)N1CCCN(C)CC1C. The molecule has 2 aliphatic rings. The molecular weight excluding hydrogens is 226 g/mol. The van der Waals surface area contributed by atoms with Crippen molar-refractivity contribution in [3.8, 4) is 0 Å². The van der Waals surface area contributed by atoms with Crippen molar-refractivity contribution < 1.29 is 4.74 Å². The highest BCUT2D eigenvalue weighted by Crippen LogP contribution is 2.19. The Morgan fingerprint density at radius 2 is 2.11 bits per heavy atom. The number of ether oxygens (including phenoxy) is 1. The topological polar surface area (TPSA) is 27.7 Å². The fraction of sp³-hybridized carbons (Fsp3) is 1.00. The first kappa shape index (κ1) is 14.3. The minimum Gasteiger partial charge on any atom is -0.383 e. The van der Waals surface area contributed by atoms with E-state index in [1.54, 1.807) is 0 Å². The van der Waals surface area contributed by atoms with E-state index < -0.39 is 0 Å². The zero-order chi connectivity index (χ0) is 13.0. The molecule has 2 atom stereocenters. The van der Waals surface area contributed by atoms with Crippen LogP contribution in [-0.4, -0.2) is 74.9 Å². The van der Waals surface area contributed by atoms with Gasteiger partial charge in [0.1, 0.15) is 0 Å². The fourth-order valence-corrected chi connectivity index (χ4v) is 2.99. The molecule has 2 unspecified atom stereocenters. The molecule has 1 aliphatic carbocycles. The Balaban J connectivity index is 1.88. The van der Waals surface area contributed by atoms with Gasteiger partial charge in [0, 0.05) is 44.9 Å². The molecule has 0 amide bonds. The lowest BCUT2D eigenvalue weighted by Crippen LogP contribution is -2.51. The molecule has 0 spiro atoms. The molecular formula is C14H29N3O. The first-order chi connectivity index (χ1) is 8.70. The van der Waals surface area contributed by atoms with Crippen LogP contribution in [0.5, 0.6) is 0 Å². The molecule has 0 radical (unpaired) electrons. The number of rotatable bonds is 6. The maximum Gasteiger partial charge on any atom is 0.0630 e. The van der Waals surface area contributed by atoms with Crippen LogP contribution in [0.3, 0.4) is 0 Å². The summed E-state index contributed by atoms with van der Waals surface area (Å²) in [6.07, 6.45) is 3.99. The van der Waals surface area contributed by atoms with Gasteiger partial charge >= 0.3 is 0 Å². The van der Waals surface area contributed by atoms with Crippen LogP contribution in [0.15, 0.2) is 0 Å². The zero-order valence-corrected chi connectivity index (χ0v) is 12.2. The quantitative estimate of drug-likeness (QED) is 0.759. The second-order valence-corrected chi connectivity index (χ2v) is 5.99. The van der Waals surface area contributed by atoms with E-state index in [0.717, 1.165) is 19.2 Å². The van der Waals surface area contributed by atoms with E-state index in [4.69, 9.17) is 4.74 Å². The van der Waals surface area contributed by atoms with Crippen molar-refractivity contribution in [3.05, 3.63) is 0 Å². The second-order valence-electron chi connectivity index (χ2n) is 5.99. The molecule has 4 heteroatoms. The molecule has 1 saturated carbocycles. The predicted octanol–water partition coefficient (Wildman–Crippen LogP) is 0.779. The Labute approximate surface area is 112 Å². The highest BCUT2D eigenvalue weighted by molar-refractivity contribution is 4.87. The van der Waals surface area contributed by atoms with E-state index in [1.807, 2.05) is 7.11 Å². The highest BCUT2D eigenvalue weighted by atomic mass is 16.5. The molecule has 1 N–H and O–H groups in total. The van der Waals surface area contributed by atoms with Gasteiger partial charge in [-0.2, -0.15) is 0 Å². The molecule has 106 valence electrons. The maximum atomic E-state index is 5.43. The van der Waals surface area contributed by atoms with Crippen molar-refractivity contribution in [1.29, 1.82) is 0 Å². The van der Waals surface area contributed by atoms with Gasteiger partial charge in [0.25, 0.3) is 0 Å². The average molecular weight is 255 g/mol. The molecule has 2 rings (SSSR count). The van der Waals surface area contributed by atoms with Crippen molar-refractivity contribution in [2.75, 3.05) is 46.9 Å². The standard InChI is InChI=1S/C14H29N3O/c1-12-10-16(2)7-4-8-17(12)14(11-18-3)9-15-13-5-6-13/h12-15H,4-11H2,1-3H3. The van der Waals surface area contributed by atoms with Crippen molar-refractivity contribution in [3.63, 3.8) is 0 Å². The highest BCUT2D eigenvalue weighted by Gasteiger charge is 2.28. The number of nitrogens with one attached hydrogen (secondary N) is 1. The van der Waals surface area contributed by atoms with Gasteiger partial charge in [0.05, 0.1) is 6.61 Å². The lowest BCUT2D eigenvalue weighted by molar-refractivity contribution is 0.0659. The Bertz CT molecular complexity index is 245. The van der Waals surface area contributed by atoms with Crippen LogP contribution in [0.2, 0.25) is 0 Å². The van der Waals surface area contributed by atoms with Crippen LogP contribution in [0, 0.1) is 0 Å². The summed E-state index contributed by atoms with van der Waals surface area (Å²) in [4.78, 5) is 5.09. The maximum absolute atomic E-state index is 5.43. The molecule has 1 aliphatic heterocycles. The van der Waals surface area contributed by atoms with E-state index in [2.05, 4.69) is 29.1 Å². The van der Waals surface area contributed by atoms with E-state index in [1.165, 1.54) is 38.9 Å². The molecule has 2 fully saturated rings. The molecule has 0 aromatic rings. The molecule has 4 nitrogen and oxygen atoms in total. The number of hydrogen-bond acceptors (Lipinski definition) is 4. The largest absolute Gasteiger partial charge is 0.383 e. The summed E-state index contributed by atoms with van der Waals surface area (Å²) in [5.41, 5.74) is 0. The van der Waals surface area contributed by atoms with E-state index in [-0.39, 0.29) is 0 Å². The van der Waals surface area contributed by atoms with Gasteiger partial charge < -0.3 is 15.0 Å². The Morgan fingerprint density at radius 1 is 1.33 bits per heavy atom. The molecule has 1 heterocycles. The van der Waals surface area contributed by atoms with E-state index in [0.29, 0.717) is 12.1 Å². The summed E-state index contributed by atoms with van der Waals surface area (Å²) in [6.45, 7) is 7.86. The summed E-state index contributed by atoms with van der Waals surface area (Å²) in [6, 6.07) is 1.94. The van der Waals surface area contributed by atoms with Crippen molar-refractivity contribution in [1.82, 2.24) is 15.1 Å². The smallest absolute Gasteiger partial charge is 0.0630 e. The molecule has 1 saturated heterocycles. The first-order valence-corrected chi connectivity index (χ1v) is 7.37. The second kappa shape index (κ2) is 6.85. The van der Waals surface area contributed by atoms with Crippen LogP contribution in [0.1, 0.15) is 26.2 Å². The number of methoxy groups -OCH3 is 1. The van der Waals surface area contributed by atoms with Gasteiger partial charge in [-0.15, -0.1) is 0 Å². The van der Waals surface area contributed by atoms with Crippen LogP contribution in [0.25, 0.3) is 0 Å². The summed E-state index contributed by atoms with van der Waals surface area (Å²) in [5.74, 6) is 0. The van der Waals surface area contributed by atoms with E-state index >= 15 is 0 Å². The minimum absolute atomic E-state index is 0.525. The van der Waals surface area contributed by atoms with Crippen molar-refractivity contribution in [2.24, 2.45) is 0 Å². The number of nitrogens with zero attached hydrogens (tertiary/aromatic N) is 2. The normalized spacial score (nSPS) is 29.2. The van der Waals surface area contributed by atoms with E-state index in [9.17, 15) is 0 Å². The Morgan fingerprint density at radius 3 is 2.78 bits per heavy atom. The summed E-state index contributed by atoms with van der Waals surface area (Å²) < 4.78 is 5.43. The van der Waals surface area contributed by atoms with Gasteiger partial charge in [-0.25, -0.2) is 0 Å². The molecule has 0 aromatic carbocycles. The van der Waals surface area contributed by atoms with Crippen LogP contribution < -0.4 is 5.32 Å². The first-order valence-electron chi connectivity index (χ1n) is 7.37. The third-order valence-electron chi connectivity index (χ3n) is 4.15. The Kier molecular flexibility index (Phi) is 5.42. The lowest BCUT2D eigenvalue weighted by Gasteiger charge is -2.35. The molecule has 18 heavy (non-hydrogen) atoms. The summed E-state index contributed by atoms with van der Waals surface area (Å²) in [7, 11) is 4.05. The number of likely N-dealkylation sites (N-methyl/N-ethyl adjacent to an activating group) is 1. The third kappa shape index (κ3) is 4.19. The number of hydrogen-bond donors (Lipinski definition) is 1. The van der Waals surface area contributed by atoms with Gasteiger partial charge in [-0.3, -0.25) is 4.90 Å². The fourth-order valence-electron chi connectivity index (χ4n) is 2.99. The van der Waals surface area contributed by atoms with Crippen LogP contribution in [-0.2, 0) is 4.74 Å².